The highest BCUT2D eigenvalue weighted by molar-refractivity contribution is 5.57. The number of nitrogens with zero attached hydrogens (tertiary/aromatic N) is 3. The van der Waals surface area contributed by atoms with Crippen molar-refractivity contribution in [1.29, 1.82) is 0 Å². The molecule has 2 heterocycles. The van der Waals surface area contributed by atoms with Gasteiger partial charge in [-0.3, -0.25) is 0 Å². The summed E-state index contributed by atoms with van der Waals surface area (Å²) in [7, 11) is 2.18. The molecule has 1 aliphatic heterocycles. The summed E-state index contributed by atoms with van der Waals surface area (Å²) in [4.78, 5) is 11.5. The van der Waals surface area contributed by atoms with E-state index in [4.69, 9.17) is 5.84 Å². The number of hydrogen-bond donors (Lipinski definition) is 3. The Hall–Kier alpha value is -1.40. The molecule has 1 saturated heterocycles. The zero-order chi connectivity index (χ0) is 14.7. The molecule has 1 atom stereocenters. The van der Waals surface area contributed by atoms with Crippen LogP contribution in [0.3, 0.4) is 0 Å². The van der Waals surface area contributed by atoms with E-state index in [1.54, 1.807) is 0 Å². The van der Waals surface area contributed by atoms with Crippen LogP contribution in [-0.2, 0) is 0 Å². The number of likely N-dealkylation sites (N-methyl/N-ethyl adjacent to an activating group) is 1. The third kappa shape index (κ3) is 3.19. The summed E-state index contributed by atoms with van der Waals surface area (Å²) in [6.45, 7) is 8.25. The van der Waals surface area contributed by atoms with Crippen LogP contribution in [0.5, 0.6) is 0 Å². The fourth-order valence-electron chi connectivity index (χ4n) is 2.56. The molecule has 1 aromatic rings. The number of hydrazine groups is 1. The summed E-state index contributed by atoms with van der Waals surface area (Å²) >= 11 is 0. The molecule has 20 heavy (non-hydrogen) atoms. The minimum absolute atomic E-state index is 0.275. The Morgan fingerprint density at radius 2 is 2.05 bits per heavy atom. The van der Waals surface area contributed by atoms with Crippen LogP contribution in [0.4, 0.5) is 11.6 Å². The molecule has 112 valence electrons. The van der Waals surface area contributed by atoms with Crippen molar-refractivity contribution in [2.24, 2.45) is 5.84 Å². The van der Waals surface area contributed by atoms with Gasteiger partial charge in [-0.05, 0) is 33.4 Å². The number of likely N-dealkylation sites (tertiary alicyclic amines) is 1. The van der Waals surface area contributed by atoms with Crippen molar-refractivity contribution in [2.75, 3.05) is 30.9 Å². The fourth-order valence-corrected chi connectivity index (χ4v) is 2.56. The predicted octanol–water partition coefficient (Wildman–Crippen LogP) is 1.70. The highest BCUT2D eigenvalue weighted by Gasteiger charge is 2.21. The summed E-state index contributed by atoms with van der Waals surface area (Å²) in [5.41, 5.74) is 3.64. The lowest BCUT2D eigenvalue weighted by atomic mass is 10.2. The number of nitrogens with one attached hydrogen (secondary N) is 2. The Morgan fingerprint density at radius 3 is 2.60 bits per heavy atom. The number of aromatic nitrogens is 2. The van der Waals surface area contributed by atoms with Gasteiger partial charge in [-0.15, -0.1) is 0 Å². The Morgan fingerprint density at radius 1 is 1.35 bits per heavy atom. The Bertz CT molecular complexity index is 459. The van der Waals surface area contributed by atoms with Crippen LogP contribution in [0.15, 0.2) is 0 Å². The normalized spacial score (nSPS) is 19.6. The number of nitrogens with two attached hydrogens (primary N) is 1. The minimum Gasteiger partial charge on any atom is -0.368 e. The zero-order valence-corrected chi connectivity index (χ0v) is 12.9. The molecular weight excluding hydrogens is 252 g/mol. The van der Waals surface area contributed by atoms with Crippen molar-refractivity contribution in [1.82, 2.24) is 14.9 Å². The molecule has 0 aliphatic carbocycles. The van der Waals surface area contributed by atoms with Gasteiger partial charge in [-0.1, -0.05) is 13.8 Å². The third-order valence-electron chi connectivity index (χ3n) is 3.99. The third-order valence-corrected chi connectivity index (χ3v) is 3.99. The van der Waals surface area contributed by atoms with Crippen molar-refractivity contribution in [3.63, 3.8) is 0 Å². The summed E-state index contributed by atoms with van der Waals surface area (Å²) < 4.78 is 0. The molecular formula is C14H26N6. The summed E-state index contributed by atoms with van der Waals surface area (Å²) in [5, 5.41) is 3.47. The average Bonchev–Trinajstić information content (AvgIpc) is 2.83. The molecule has 4 N–H and O–H groups in total. The summed E-state index contributed by atoms with van der Waals surface area (Å²) in [5.74, 6) is 8.23. The van der Waals surface area contributed by atoms with E-state index in [1.807, 2.05) is 6.92 Å². The quantitative estimate of drug-likeness (QED) is 0.562. The second-order valence-corrected chi connectivity index (χ2v) is 5.86. The zero-order valence-electron chi connectivity index (χ0n) is 12.9. The van der Waals surface area contributed by atoms with Crippen LogP contribution >= 0.6 is 0 Å². The Kier molecular flexibility index (Phi) is 4.77. The fraction of sp³-hybridized carbons (Fsp3) is 0.714. The van der Waals surface area contributed by atoms with Crippen LogP contribution < -0.4 is 16.6 Å². The monoisotopic (exact) mass is 278 g/mol. The largest absolute Gasteiger partial charge is 0.368 e. The molecule has 1 aromatic heterocycles. The van der Waals surface area contributed by atoms with Crippen LogP contribution in [0.2, 0.25) is 0 Å². The average molecular weight is 278 g/mol. The van der Waals surface area contributed by atoms with Gasteiger partial charge in [0.15, 0.2) is 0 Å². The molecule has 0 amide bonds. The van der Waals surface area contributed by atoms with Crippen molar-refractivity contribution < 1.29 is 0 Å². The first-order valence-corrected chi connectivity index (χ1v) is 7.32. The van der Waals surface area contributed by atoms with E-state index in [0.717, 1.165) is 23.8 Å². The van der Waals surface area contributed by atoms with E-state index >= 15 is 0 Å². The van der Waals surface area contributed by atoms with E-state index in [-0.39, 0.29) is 5.92 Å². The Balaban J connectivity index is 2.15. The van der Waals surface area contributed by atoms with E-state index in [1.165, 1.54) is 19.4 Å². The molecule has 0 bridgehead atoms. The molecule has 2 rings (SSSR count). The lowest BCUT2D eigenvalue weighted by Gasteiger charge is -2.21. The molecule has 1 unspecified atom stereocenters. The number of hydrogen-bond acceptors (Lipinski definition) is 6. The smallest absolute Gasteiger partial charge is 0.148 e. The maximum atomic E-state index is 5.55. The van der Waals surface area contributed by atoms with Gasteiger partial charge in [-0.25, -0.2) is 15.8 Å². The highest BCUT2D eigenvalue weighted by Crippen LogP contribution is 2.23. The maximum absolute atomic E-state index is 5.55. The minimum atomic E-state index is 0.275. The lowest BCUT2D eigenvalue weighted by molar-refractivity contribution is 0.322. The SMILES string of the molecule is Cc1c(NN)nc(C(C)C)nc1NCC1CCCN1C. The van der Waals surface area contributed by atoms with Crippen molar-refractivity contribution in [3.05, 3.63) is 11.4 Å². The number of rotatable bonds is 5. The molecule has 1 fully saturated rings. The standard InChI is InChI=1S/C14H26N6/c1-9(2)12-17-13(10(3)14(18-12)19-15)16-8-11-6-5-7-20(11)4/h9,11H,5-8,15H2,1-4H3,(H2,16,17,18,19). The molecule has 0 aromatic carbocycles. The van der Waals surface area contributed by atoms with Crippen molar-refractivity contribution in [3.8, 4) is 0 Å². The van der Waals surface area contributed by atoms with Crippen LogP contribution in [0, 0.1) is 6.92 Å². The van der Waals surface area contributed by atoms with Crippen LogP contribution in [0.1, 0.15) is 44.0 Å². The predicted molar refractivity (Wildman–Crippen MR) is 82.8 cm³/mol. The van der Waals surface area contributed by atoms with Crippen LogP contribution in [0.25, 0.3) is 0 Å². The first-order valence-electron chi connectivity index (χ1n) is 7.32. The molecule has 6 heteroatoms. The van der Waals surface area contributed by atoms with Gasteiger partial charge in [0.05, 0.1) is 0 Å². The first kappa shape index (κ1) is 15.0. The van der Waals surface area contributed by atoms with E-state index < -0.39 is 0 Å². The molecule has 1 aliphatic rings. The van der Waals surface area contributed by atoms with Crippen molar-refractivity contribution in [2.45, 2.75) is 45.6 Å². The molecule has 6 nitrogen and oxygen atoms in total. The maximum Gasteiger partial charge on any atom is 0.148 e. The van der Waals surface area contributed by atoms with E-state index in [2.05, 4.69) is 46.5 Å². The van der Waals surface area contributed by atoms with Gasteiger partial charge < -0.3 is 15.6 Å². The van der Waals surface area contributed by atoms with E-state index in [0.29, 0.717) is 11.9 Å². The molecule has 0 saturated carbocycles. The van der Waals surface area contributed by atoms with Gasteiger partial charge >= 0.3 is 0 Å². The van der Waals surface area contributed by atoms with Crippen LogP contribution in [-0.4, -0.2) is 41.0 Å². The van der Waals surface area contributed by atoms with E-state index in [9.17, 15) is 0 Å². The lowest BCUT2D eigenvalue weighted by Crippen LogP contribution is -2.32. The van der Waals surface area contributed by atoms with Gasteiger partial charge in [0.25, 0.3) is 0 Å². The second kappa shape index (κ2) is 6.37. The Labute approximate surface area is 121 Å². The number of anilines is 2. The van der Waals surface area contributed by atoms with Gasteiger partial charge in [0, 0.05) is 24.1 Å². The molecule has 0 spiro atoms. The topological polar surface area (TPSA) is 79.1 Å². The van der Waals surface area contributed by atoms with Crippen molar-refractivity contribution >= 4 is 11.6 Å². The van der Waals surface area contributed by atoms with Gasteiger partial charge in [0.1, 0.15) is 17.5 Å². The summed E-state index contributed by atoms with van der Waals surface area (Å²) in [6, 6.07) is 0.584. The first-order chi connectivity index (χ1) is 9.52. The number of nitrogen functional groups attached to an aromatic ring is 1. The van der Waals surface area contributed by atoms with Gasteiger partial charge in [-0.2, -0.15) is 0 Å². The molecule has 0 radical (unpaired) electrons. The van der Waals surface area contributed by atoms with Gasteiger partial charge in [0.2, 0.25) is 0 Å². The summed E-state index contributed by atoms with van der Waals surface area (Å²) in [6.07, 6.45) is 2.52. The highest BCUT2D eigenvalue weighted by atomic mass is 15.3. The second-order valence-electron chi connectivity index (χ2n) is 5.86.